The van der Waals surface area contributed by atoms with Crippen molar-refractivity contribution >= 4 is 23.7 Å². The van der Waals surface area contributed by atoms with E-state index in [-0.39, 0.29) is 25.2 Å². The summed E-state index contributed by atoms with van der Waals surface area (Å²) in [4.78, 5) is 26.9. The highest BCUT2D eigenvalue weighted by molar-refractivity contribution is 6.01. The monoisotopic (exact) mass is 502 g/mol. The summed E-state index contributed by atoms with van der Waals surface area (Å²) in [5, 5.41) is 21.3. The molecule has 0 bridgehead atoms. The molecule has 0 aromatic heterocycles. The van der Waals surface area contributed by atoms with Gasteiger partial charge in [0, 0.05) is 23.6 Å². The van der Waals surface area contributed by atoms with E-state index in [1.807, 2.05) is 55.5 Å². The molecule has 0 saturated carbocycles. The first-order valence-electron chi connectivity index (χ1n) is 11.7. The number of carbonyl (C=O) groups excluding carboxylic acids is 1. The second-order valence-electron chi connectivity index (χ2n) is 8.43. The van der Waals surface area contributed by atoms with Crippen molar-refractivity contribution in [2.45, 2.75) is 32.3 Å². The van der Waals surface area contributed by atoms with Crippen LogP contribution in [0.1, 0.15) is 41.0 Å². The Kier molecular flexibility index (Phi) is 9.96. The number of aryl methyl sites for hydroxylation is 1. The molecule has 37 heavy (non-hydrogen) atoms. The van der Waals surface area contributed by atoms with Crippen LogP contribution in [0.4, 0.5) is 0 Å². The van der Waals surface area contributed by atoms with Gasteiger partial charge in [-0.15, -0.1) is 0 Å². The van der Waals surface area contributed by atoms with Crippen molar-refractivity contribution in [3.8, 4) is 11.5 Å². The van der Waals surface area contributed by atoms with E-state index in [9.17, 15) is 9.59 Å². The maximum atomic E-state index is 11.2. The first-order valence-corrected chi connectivity index (χ1v) is 11.7. The number of carbonyl (C=O) groups is 2. The number of aliphatic carboxylic acids is 1. The molecule has 1 unspecified atom stereocenters. The molecule has 0 fully saturated rings. The molecule has 3 aromatic carbocycles. The van der Waals surface area contributed by atoms with E-state index >= 15 is 0 Å². The highest BCUT2D eigenvalue weighted by Gasteiger charge is 2.20. The summed E-state index contributed by atoms with van der Waals surface area (Å²) in [5.41, 5.74) is 4.43. The fraction of sp³-hybridized carbons (Fsp3) is 0.241. The molecule has 0 amide bonds. The highest BCUT2D eigenvalue weighted by atomic mass is 16.6. The van der Waals surface area contributed by atoms with Gasteiger partial charge in [0.05, 0.1) is 6.42 Å². The molecular weight excluding hydrogens is 472 g/mol. The van der Waals surface area contributed by atoms with E-state index in [2.05, 4.69) is 5.16 Å². The summed E-state index contributed by atoms with van der Waals surface area (Å²) in [5.74, 6) is -0.374. The fourth-order valence-corrected chi connectivity index (χ4v) is 3.74. The Morgan fingerprint density at radius 3 is 2.32 bits per heavy atom. The third-order valence-corrected chi connectivity index (χ3v) is 5.64. The van der Waals surface area contributed by atoms with E-state index in [4.69, 9.17) is 24.8 Å². The van der Waals surface area contributed by atoms with Crippen LogP contribution in [0, 0.1) is 12.3 Å². The lowest BCUT2D eigenvalue weighted by atomic mass is 9.89. The lowest BCUT2D eigenvalue weighted by molar-refractivity contribution is -0.137. The Balaban J connectivity index is 1.56. The van der Waals surface area contributed by atoms with E-state index in [1.165, 1.54) is 7.11 Å². The van der Waals surface area contributed by atoms with Gasteiger partial charge in [0.2, 0.25) is 0 Å². The zero-order valence-corrected chi connectivity index (χ0v) is 20.8. The predicted octanol–water partition coefficient (Wildman–Crippen LogP) is 5.17. The van der Waals surface area contributed by atoms with Gasteiger partial charge in [0.1, 0.15) is 43.8 Å². The maximum absolute atomic E-state index is 11.2. The Morgan fingerprint density at radius 1 is 1.03 bits per heavy atom. The summed E-state index contributed by atoms with van der Waals surface area (Å²) in [7, 11) is 1.51. The van der Waals surface area contributed by atoms with E-state index in [0.717, 1.165) is 16.7 Å². The quantitative estimate of drug-likeness (QED) is 0.178. The van der Waals surface area contributed by atoms with Gasteiger partial charge < -0.3 is 29.6 Å². The summed E-state index contributed by atoms with van der Waals surface area (Å²) in [6.45, 7) is 2.60. The molecule has 3 rings (SSSR count). The van der Waals surface area contributed by atoms with Crippen molar-refractivity contribution in [2.75, 3.05) is 13.7 Å². The summed E-state index contributed by atoms with van der Waals surface area (Å²) in [6, 6.07) is 22.4. The number of hydrogen-bond acceptors (Lipinski definition) is 7. The first-order chi connectivity index (χ1) is 17.9. The number of nitrogens with one attached hydrogen (secondary N) is 1. The predicted molar refractivity (Wildman–Crippen MR) is 141 cm³/mol. The maximum Gasteiger partial charge on any atom is 0.304 e. The van der Waals surface area contributed by atoms with Gasteiger partial charge in [-0.1, -0.05) is 53.2 Å². The second-order valence-corrected chi connectivity index (χ2v) is 8.43. The van der Waals surface area contributed by atoms with Crippen LogP contribution in [0.15, 0.2) is 78.0 Å². The molecule has 0 heterocycles. The van der Waals surface area contributed by atoms with Crippen molar-refractivity contribution in [1.82, 2.24) is 0 Å². The SMILES string of the molecule is CON=C(COc1ccc(COc2ccc(C(CC(=O)O)C(=N)CC=O)cc2)cc1)c1cccc(C)c1. The average Bonchev–Trinajstić information content (AvgIpc) is 2.89. The van der Waals surface area contributed by atoms with Crippen LogP contribution in [0.25, 0.3) is 0 Å². The molecule has 8 nitrogen and oxygen atoms in total. The van der Waals surface area contributed by atoms with Gasteiger partial charge >= 0.3 is 5.97 Å². The molecule has 192 valence electrons. The van der Waals surface area contributed by atoms with Crippen LogP contribution in [0.2, 0.25) is 0 Å². The highest BCUT2D eigenvalue weighted by Crippen LogP contribution is 2.25. The number of carboxylic acids is 1. The van der Waals surface area contributed by atoms with Crippen LogP contribution < -0.4 is 9.47 Å². The van der Waals surface area contributed by atoms with Gasteiger partial charge in [0.15, 0.2) is 0 Å². The van der Waals surface area contributed by atoms with Gasteiger partial charge in [0.25, 0.3) is 0 Å². The Morgan fingerprint density at radius 2 is 1.70 bits per heavy atom. The van der Waals surface area contributed by atoms with Gasteiger partial charge in [-0.2, -0.15) is 0 Å². The molecule has 2 N–H and O–H groups in total. The van der Waals surface area contributed by atoms with Crippen LogP contribution >= 0.6 is 0 Å². The van der Waals surface area contributed by atoms with Crippen LogP contribution in [0.3, 0.4) is 0 Å². The van der Waals surface area contributed by atoms with Crippen LogP contribution in [0.5, 0.6) is 11.5 Å². The number of nitrogens with zero attached hydrogens (tertiary/aromatic N) is 1. The number of aldehydes is 1. The van der Waals surface area contributed by atoms with Crippen molar-refractivity contribution in [2.24, 2.45) is 5.16 Å². The van der Waals surface area contributed by atoms with E-state index in [0.29, 0.717) is 35.7 Å². The molecule has 0 spiro atoms. The van der Waals surface area contributed by atoms with E-state index in [1.54, 1.807) is 24.3 Å². The number of ether oxygens (including phenoxy) is 2. The molecule has 0 saturated heterocycles. The zero-order chi connectivity index (χ0) is 26.6. The number of rotatable bonds is 14. The van der Waals surface area contributed by atoms with Crippen molar-refractivity contribution < 1.29 is 29.0 Å². The number of carboxylic acid groups (broad SMARTS) is 1. The minimum Gasteiger partial charge on any atom is -0.489 e. The topological polar surface area (TPSA) is 118 Å². The Bertz CT molecular complexity index is 1240. The zero-order valence-electron chi connectivity index (χ0n) is 20.8. The van der Waals surface area contributed by atoms with Crippen molar-refractivity contribution in [1.29, 1.82) is 5.41 Å². The lowest BCUT2D eigenvalue weighted by Crippen LogP contribution is -2.16. The third-order valence-electron chi connectivity index (χ3n) is 5.64. The Labute approximate surface area is 216 Å². The van der Waals surface area contributed by atoms with Crippen LogP contribution in [-0.2, 0) is 21.0 Å². The molecular formula is C29H30N2O6. The van der Waals surface area contributed by atoms with Gasteiger partial charge in [-0.25, -0.2) is 0 Å². The minimum atomic E-state index is -1.02. The number of benzene rings is 3. The summed E-state index contributed by atoms with van der Waals surface area (Å²) >= 11 is 0. The van der Waals surface area contributed by atoms with Gasteiger partial charge in [-0.3, -0.25) is 4.79 Å². The lowest BCUT2D eigenvalue weighted by Gasteiger charge is -2.16. The summed E-state index contributed by atoms with van der Waals surface area (Å²) < 4.78 is 11.8. The van der Waals surface area contributed by atoms with Gasteiger partial charge in [-0.05, 0) is 48.4 Å². The molecule has 0 aliphatic rings. The number of oxime groups is 1. The summed E-state index contributed by atoms with van der Waals surface area (Å²) in [6.07, 6.45) is 0.272. The first kappa shape index (κ1) is 27.1. The third kappa shape index (κ3) is 8.31. The molecule has 3 aromatic rings. The fourth-order valence-electron chi connectivity index (χ4n) is 3.74. The number of hydrogen-bond donors (Lipinski definition) is 2. The van der Waals surface area contributed by atoms with E-state index < -0.39 is 11.9 Å². The molecule has 0 aliphatic heterocycles. The van der Waals surface area contributed by atoms with Crippen LogP contribution in [-0.4, -0.2) is 42.5 Å². The normalized spacial score (nSPS) is 11.9. The van der Waals surface area contributed by atoms with Crippen molar-refractivity contribution in [3.63, 3.8) is 0 Å². The molecule has 8 heteroatoms. The Hall–Kier alpha value is -4.46. The minimum absolute atomic E-state index is 0.0767. The average molecular weight is 503 g/mol. The molecule has 0 radical (unpaired) electrons. The smallest absolute Gasteiger partial charge is 0.304 e. The largest absolute Gasteiger partial charge is 0.489 e. The molecule has 1 atom stereocenters. The second kappa shape index (κ2) is 13.6. The van der Waals surface area contributed by atoms with Crippen molar-refractivity contribution in [3.05, 3.63) is 95.1 Å². The standard InChI is InChI=1S/C29H30N2O6/c1-20-4-3-5-23(16-20)28(31-35-2)19-37-24-10-6-21(7-11-24)18-36-25-12-8-22(9-13-25)26(17-29(33)34)27(30)14-15-32/h3-13,15-16,26,30H,14,17-19H2,1-2H3,(H,33,34). The molecule has 0 aliphatic carbocycles.